The molecule has 0 radical (unpaired) electrons. The summed E-state index contributed by atoms with van der Waals surface area (Å²) in [5.74, 6) is 0.0266. The van der Waals surface area contributed by atoms with E-state index in [1.807, 2.05) is 19.1 Å². The summed E-state index contributed by atoms with van der Waals surface area (Å²) in [6.07, 6.45) is 0. The minimum absolute atomic E-state index is 0.267. The second-order valence-electron chi connectivity index (χ2n) is 4.94. The van der Waals surface area contributed by atoms with Gasteiger partial charge in [-0.05, 0) is 37.6 Å². The van der Waals surface area contributed by atoms with E-state index >= 15 is 0 Å². The van der Waals surface area contributed by atoms with Crippen LogP contribution in [0.1, 0.15) is 27.0 Å². The number of aromatic nitrogens is 1. The van der Waals surface area contributed by atoms with Crippen molar-refractivity contribution in [2.45, 2.75) is 13.8 Å². The van der Waals surface area contributed by atoms with Crippen molar-refractivity contribution in [1.29, 1.82) is 5.26 Å². The molecule has 1 aromatic carbocycles. The van der Waals surface area contributed by atoms with Crippen molar-refractivity contribution < 1.29 is 4.79 Å². The van der Waals surface area contributed by atoms with Crippen molar-refractivity contribution >= 4 is 23.3 Å². The lowest BCUT2D eigenvalue weighted by atomic mass is 10.1. The quantitative estimate of drug-likeness (QED) is 0.698. The molecule has 0 spiro atoms. The van der Waals surface area contributed by atoms with E-state index in [1.54, 1.807) is 32.2 Å². The zero-order chi connectivity index (χ0) is 16.3. The summed E-state index contributed by atoms with van der Waals surface area (Å²) >= 11 is 5.93. The van der Waals surface area contributed by atoms with Gasteiger partial charge in [0.05, 0.1) is 5.56 Å². The van der Waals surface area contributed by atoms with E-state index in [0.717, 1.165) is 5.56 Å². The Bertz CT molecular complexity index is 750. The maximum Gasteiger partial charge on any atom is 0.269 e. The number of nitriles is 1. The summed E-state index contributed by atoms with van der Waals surface area (Å²) < 4.78 is 0. The number of halogens is 1. The maximum atomic E-state index is 12.2. The molecule has 22 heavy (non-hydrogen) atoms. The Balaban J connectivity index is 2.26. The maximum absolute atomic E-state index is 12.2. The number of aryl methyl sites for hydroxylation is 2. The molecule has 112 valence electrons. The minimum Gasteiger partial charge on any atom is -0.270 e. The molecule has 2 rings (SSSR count). The fourth-order valence-electron chi connectivity index (χ4n) is 1.97. The van der Waals surface area contributed by atoms with Crippen LogP contribution in [0.25, 0.3) is 0 Å². The van der Waals surface area contributed by atoms with Crippen LogP contribution in [0.4, 0.5) is 5.82 Å². The van der Waals surface area contributed by atoms with Crippen LogP contribution in [0.2, 0.25) is 5.15 Å². The summed E-state index contributed by atoms with van der Waals surface area (Å²) in [4.78, 5) is 16.3. The van der Waals surface area contributed by atoms with Gasteiger partial charge in [-0.15, -0.1) is 0 Å². The van der Waals surface area contributed by atoms with Crippen LogP contribution in [-0.4, -0.2) is 17.9 Å². The number of nitrogens with one attached hydrogen (secondary N) is 1. The van der Waals surface area contributed by atoms with E-state index in [1.165, 1.54) is 5.01 Å². The summed E-state index contributed by atoms with van der Waals surface area (Å²) in [5.41, 5.74) is 5.35. The molecule has 1 aromatic heterocycles. The third-order valence-corrected chi connectivity index (χ3v) is 3.37. The molecule has 1 N–H and O–H groups in total. The fraction of sp³-hybridized carbons (Fsp3) is 0.188. The summed E-state index contributed by atoms with van der Waals surface area (Å²) in [6, 6.07) is 10.9. The van der Waals surface area contributed by atoms with Gasteiger partial charge < -0.3 is 0 Å². The summed E-state index contributed by atoms with van der Waals surface area (Å²) in [7, 11) is 1.62. The zero-order valence-electron chi connectivity index (χ0n) is 12.5. The molecule has 0 bridgehead atoms. The minimum atomic E-state index is -0.286. The molecule has 0 atom stereocenters. The van der Waals surface area contributed by atoms with Crippen LogP contribution in [0.5, 0.6) is 0 Å². The van der Waals surface area contributed by atoms with Crippen molar-refractivity contribution in [3.8, 4) is 6.07 Å². The average Bonchev–Trinajstić information content (AvgIpc) is 2.47. The Morgan fingerprint density at radius 3 is 2.55 bits per heavy atom. The van der Waals surface area contributed by atoms with Gasteiger partial charge in [0, 0.05) is 12.6 Å². The molecule has 2 aromatic rings. The molecule has 0 fully saturated rings. The highest BCUT2D eigenvalue weighted by atomic mass is 35.5. The largest absolute Gasteiger partial charge is 0.270 e. The third-order valence-electron chi connectivity index (χ3n) is 3.18. The lowest BCUT2D eigenvalue weighted by Gasteiger charge is -2.21. The van der Waals surface area contributed by atoms with Crippen LogP contribution in [0, 0.1) is 25.2 Å². The van der Waals surface area contributed by atoms with Crippen molar-refractivity contribution in [3.63, 3.8) is 0 Å². The van der Waals surface area contributed by atoms with Gasteiger partial charge in [0.25, 0.3) is 5.91 Å². The summed E-state index contributed by atoms with van der Waals surface area (Å²) in [5, 5.41) is 10.9. The molecule has 0 aliphatic carbocycles. The second-order valence-corrected chi connectivity index (χ2v) is 5.33. The van der Waals surface area contributed by atoms with E-state index in [2.05, 4.69) is 16.5 Å². The molecule has 6 heteroatoms. The highest BCUT2D eigenvalue weighted by molar-refractivity contribution is 6.29. The number of carbonyl (C=O) groups excluding carboxylic acids is 1. The lowest BCUT2D eigenvalue weighted by molar-refractivity contribution is 0.0951. The van der Waals surface area contributed by atoms with Gasteiger partial charge in [-0.2, -0.15) is 5.26 Å². The molecule has 0 aliphatic heterocycles. The second kappa shape index (κ2) is 6.46. The Hall–Kier alpha value is -2.58. The number of carbonyl (C=O) groups is 1. The fourth-order valence-corrected chi connectivity index (χ4v) is 2.22. The van der Waals surface area contributed by atoms with Crippen LogP contribution in [0.3, 0.4) is 0 Å². The van der Waals surface area contributed by atoms with Gasteiger partial charge >= 0.3 is 0 Å². The molecule has 0 aliphatic rings. The number of hydrogen-bond donors (Lipinski definition) is 1. The standard InChI is InChI=1S/C16H15ClN4O/c1-10-4-6-12(7-5-10)16(22)20-21(3)15-13(9-18)11(2)8-14(17)19-15/h4-8H,1-3H3,(H,20,22). The molecular weight excluding hydrogens is 300 g/mol. The van der Waals surface area contributed by atoms with Crippen molar-refractivity contribution in [2.24, 2.45) is 0 Å². The number of pyridine rings is 1. The van der Waals surface area contributed by atoms with E-state index in [4.69, 9.17) is 11.6 Å². The average molecular weight is 315 g/mol. The van der Waals surface area contributed by atoms with E-state index in [9.17, 15) is 10.1 Å². The first kappa shape index (κ1) is 15.8. The summed E-state index contributed by atoms with van der Waals surface area (Å²) in [6.45, 7) is 3.72. The van der Waals surface area contributed by atoms with Crippen LogP contribution in [-0.2, 0) is 0 Å². The number of amides is 1. The number of hydrazine groups is 1. The monoisotopic (exact) mass is 314 g/mol. The number of anilines is 1. The predicted molar refractivity (Wildman–Crippen MR) is 85.7 cm³/mol. The number of nitrogens with zero attached hydrogens (tertiary/aromatic N) is 3. The first-order valence-electron chi connectivity index (χ1n) is 6.61. The Labute approximate surface area is 134 Å². The Kier molecular flexibility index (Phi) is 4.64. The molecule has 0 unspecified atom stereocenters. The van der Waals surface area contributed by atoms with E-state index in [-0.39, 0.29) is 11.1 Å². The van der Waals surface area contributed by atoms with E-state index in [0.29, 0.717) is 22.5 Å². The van der Waals surface area contributed by atoms with E-state index < -0.39 is 0 Å². The van der Waals surface area contributed by atoms with Crippen LogP contribution < -0.4 is 10.4 Å². The van der Waals surface area contributed by atoms with Gasteiger partial charge in [0.2, 0.25) is 0 Å². The SMILES string of the molecule is Cc1ccc(C(=O)NN(C)c2nc(Cl)cc(C)c2C#N)cc1. The smallest absolute Gasteiger partial charge is 0.269 e. The normalized spacial score (nSPS) is 9.95. The number of hydrogen-bond acceptors (Lipinski definition) is 4. The third kappa shape index (κ3) is 3.35. The van der Waals surface area contributed by atoms with Gasteiger partial charge in [-0.1, -0.05) is 29.3 Å². The molecule has 0 saturated carbocycles. The highest BCUT2D eigenvalue weighted by Crippen LogP contribution is 2.22. The van der Waals surface area contributed by atoms with Gasteiger partial charge in [-0.3, -0.25) is 15.2 Å². The first-order valence-corrected chi connectivity index (χ1v) is 6.99. The Morgan fingerprint density at radius 1 is 1.32 bits per heavy atom. The van der Waals surface area contributed by atoms with Crippen molar-refractivity contribution in [1.82, 2.24) is 10.4 Å². The van der Waals surface area contributed by atoms with Gasteiger partial charge in [-0.25, -0.2) is 4.98 Å². The van der Waals surface area contributed by atoms with Gasteiger partial charge in [0.1, 0.15) is 11.2 Å². The van der Waals surface area contributed by atoms with Crippen LogP contribution >= 0.6 is 11.6 Å². The number of rotatable bonds is 3. The molecule has 0 saturated heterocycles. The van der Waals surface area contributed by atoms with Crippen LogP contribution in [0.15, 0.2) is 30.3 Å². The number of benzene rings is 1. The zero-order valence-corrected chi connectivity index (χ0v) is 13.3. The molecule has 5 nitrogen and oxygen atoms in total. The predicted octanol–water partition coefficient (Wildman–Crippen LogP) is 3.00. The van der Waals surface area contributed by atoms with Crippen molar-refractivity contribution in [2.75, 3.05) is 12.1 Å². The Morgan fingerprint density at radius 2 is 1.95 bits per heavy atom. The molecule has 1 heterocycles. The topological polar surface area (TPSA) is 69.0 Å². The first-order chi connectivity index (χ1) is 10.4. The van der Waals surface area contributed by atoms with Crippen molar-refractivity contribution in [3.05, 3.63) is 57.7 Å². The molecule has 1 amide bonds. The molecular formula is C16H15ClN4O. The highest BCUT2D eigenvalue weighted by Gasteiger charge is 2.16. The van der Waals surface area contributed by atoms with Gasteiger partial charge in [0.15, 0.2) is 5.82 Å². The lowest BCUT2D eigenvalue weighted by Crippen LogP contribution is -2.40.